The number of nitrogens with zero attached hydrogens (tertiary/aromatic N) is 2. The zero-order valence-electron chi connectivity index (χ0n) is 13.6. The summed E-state index contributed by atoms with van der Waals surface area (Å²) < 4.78 is 0. The molecule has 0 unspecified atom stereocenters. The van der Waals surface area contributed by atoms with Crippen molar-refractivity contribution >= 4 is 11.8 Å². The van der Waals surface area contributed by atoms with Crippen LogP contribution in [0.2, 0.25) is 0 Å². The van der Waals surface area contributed by atoms with E-state index in [2.05, 4.69) is 6.07 Å². The molecule has 4 fully saturated rings. The summed E-state index contributed by atoms with van der Waals surface area (Å²) in [6, 6.07) is 8.72. The van der Waals surface area contributed by atoms with Gasteiger partial charge in [-0.2, -0.15) is 5.26 Å². The number of hydrogen-bond acceptors (Lipinski definition) is 3. The van der Waals surface area contributed by atoms with Crippen molar-refractivity contribution in [3.63, 3.8) is 0 Å². The second-order valence-electron chi connectivity index (χ2n) is 8.34. The molecular formula is C20H20N2O2. The summed E-state index contributed by atoms with van der Waals surface area (Å²) in [4.78, 5) is 27.0. The van der Waals surface area contributed by atoms with Crippen molar-refractivity contribution < 1.29 is 9.59 Å². The Morgan fingerprint density at radius 1 is 0.958 bits per heavy atom. The highest BCUT2D eigenvalue weighted by molar-refractivity contribution is 6.21. The highest BCUT2D eigenvalue weighted by Gasteiger charge is 2.58. The topological polar surface area (TPSA) is 61.2 Å². The van der Waals surface area contributed by atoms with E-state index < -0.39 is 6.04 Å². The van der Waals surface area contributed by atoms with E-state index in [1.807, 2.05) is 0 Å². The number of carbonyl (C=O) groups excluding carboxylic acids is 2. The zero-order chi connectivity index (χ0) is 16.5. The molecule has 4 saturated carbocycles. The Morgan fingerprint density at radius 2 is 1.42 bits per heavy atom. The van der Waals surface area contributed by atoms with Gasteiger partial charge in [0, 0.05) is 5.41 Å². The first-order valence-corrected chi connectivity index (χ1v) is 8.98. The van der Waals surface area contributed by atoms with Crippen LogP contribution in [0.5, 0.6) is 0 Å². The number of fused-ring (bicyclic) bond motifs is 1. The molecule has 4 aliphatic carbocycles. The van der Waals surface area contributed by atoms with Crippen LogP contribution < -0.4 is 0 Å². The highest BCUT2D eigenvalue weighted by Crippen LogP contribution is 2.62. The average molecular weight is 320 g/mol. The molecule has 4 bridgehead atoms. The summed E-state index contributed by atoms with van der Waals surface area (Å²) >= 11 is 0. The monoisotopic (exact) mass is 320 g/mol. The molecule has 4 nitrogen and oxygen atoms in total. The van der Waals surface area contributed by atoms with Gasteiger partial charge in [0.25, 0.3) is 11.8 Å². The van der Waals surface area contributed by atoms with Gasteiger partial charge in [0.2, 0.25) is 0 Å². The molecule has 1 aromatic rings. The fourth-order valence-corrected chi connectivity index (χ4v) is 6.42. The lowest BCUT2D eigenvalue weighted by Gasteiger charge is -2.58. The molecular weight excluding hydrogens is 300 g/mol. The van der Waals surface area contributed by atoms with E-state index in [4.69, 9.17) is 0 Å². The van der Waals surface area contributed by atoms with E-state index in [-0.39, 0.29) is 17.2 Å². The van der Waals surface area contributed by atoms with Crippen LogP contribution in [-0.2, 0) is 0 Å². The minimum Gasteiger partial charge on any atom is -0.269 e. The Morgan fingerprint density at radius 3 is 1.83 bits per heavy atom. The van der Waals surface area contributed by atoms with Gasteiger partial charge < -0.3 is 0 Å². The summed E-state index contributed by atoms with van der Waals surface area (Å²) in [6.07, 6.45) is 6.85. The van der Waals surface area contributed by atoms with Crippen LogP contribution in [0.1, 0.15) is 59.2 Å². The number of imide groups is 1. The van der Waals surface area contributed by atoms with Crippen molar-refractivity contribution in [2.24, 2.45) is 23.2 Å². The van der Waals surface area contributed by atoms with E-state index >= 15 is 0 Å². The second kappa shape index (κ2) is 4.69. The molecule has 0 N–H and O–H groups in total. The Labute approximate surface area is 141 Å². The first-order chi connectivity index (χ1) is 11.6. The second-order valence-corrected chi connectivity index (χ2v) is 8.34. The maximum Gasteiger partial charge on any atom is 0.262 e. The summed E-state index contributed by atoms with van der Waals surface area (Å²) in [6.45, 7) is 0. The molecule has 0 saturated heterocycles. The van der Waals surface area contributed by atoms with Crippen molar-refractivity contribution in [3.05, 3.63) is 35.4 Å². The van der Waals surface area contributed by atoms with Crippen LogP contribution in [0.25, 0.3) is 0 Å². The fraction of sp³-hybridized carbons (Fsp3) is 0.550. The van der Waals surface area contributed by atoms with Crippen molar-refractivity contribution in [2.75, 3.05) is 0 Å². The zero-order valence-corrected chi connectivity index (χ0v) is 13.6. The smallest absolute Gasteiger partial charge is 0.262 e. The van der Waals surface area contributed by atoms with Gasteiger partial charge in [-0.3, -0.25) is 14.5 Å². The van der Waals surface area contributed by atoms with Gasteiger partial charge >= 0.3 is 0 Å². The van der Waals surface area contributed by atoms with Crippen molar-refractivity contribution in [1.82, 2.24) is 4.90 Å². The van der Waals surface area contributed by atoms with E-state index in [1.165, 1.54) is 24.2 Å². The third-order valence-electron chi connectivity index (χ3n) is 6.87. The summed E-state index contributed by atoms with van der Waals surface area (Å²) in [5.41, 5.74) is 0.733. The molecule has 0 spiro atoms. The van der Waals surface area contributed by atoms with Gasteiger partial charge in [0.15, 0.2) is 0 Å². The molecule has 2 amide bonds. The standard InChI is InChI=1S/C20H20N2O2/c21-11-17(20-8-12-5-13(9-20)7-14(6-12)10-20)22-18(23)15-3-1-2-4-16(15)19(22)24/h1-4,12-14,17H,5-10H2/t12?,13?,14?,17-,20?/m1/s1. The first-order valence-electron chi connectivity index (χ1n) is 8.98. The van der Waals surface area contributed by atoms with Crippen LogP contribution in [0.3, 0.4) is 0 Å². The third-order valence-corrected chi connectivity index (χ3v) is 6.87. The summed E-state index contributed by atoms with van der Waals surface area (Å²) in [5.74, 6) is 1.49. The lowest BCUT2D eigenvalue weighted by Crippen LogP contribution is -2.57. The maximum absolute atomic E-state index is 12.9. The molecule has 1 aliphatic heterocycles. The Bertz CT molecular complexity index is 721. The number of hydrogen-bond donors (Lipinski definition) is 0. The molecule has 4 heteroatoms. The predicted octanol–water partition coefficient (Wildman–Crippen LogP) is 3.39. The van der Waals surface area contributed by atoms with Gasteiger partial charge in [0.1, 0.15) is 6.04 Å². The fourth-order valence-electron chi connectivity index (χ4n) is 6.42. The van der Waals surface area contributed by atoms with Crippen LogP contribution in [-0.4, -0.2) is 22.8 Å². The molecule has 0 radical (unpaired) electrons. The lowest BCUT2D eigenvalue weighted by molar-refractivity contribution is -0.0769. The normalized spacial score (nSPS) is 37.5. The molecule has 5 aliphatic rings. The average Bonchev–Trinajstić information content (AvgIpc) is 2.80. The van der Waals surface area contributed by atoms with Crippen LogP contribution in [0.4, 0.5) is 0 Å². The Hall–Kier alpha value is -2.15. The quantitative estimate of drug-likeness (QED) is 0.785. The highest BCUT2D eigenvalue weighted by atomic mass is 16.2. The van der Waals surface area contributed by atoms with Gasteiger partial charge in [-0.05, 0) is 68.4 Å². The van der Waals surface area contributed by atoms with E-state index in [1.54, 1.807) is 24.3 Å². The lowest BCUT2D eigenvalue weighted by atomic mass is 9.47. The van der Waals surface area contributed by atoms with Crippen molar-refractivity contribution in [1.29, 1.82) is 5.26 Å². The minimum atomic E-state index is -0.613. The SMILES string of the molecule is N#C[C@@H](N1C(=O)c2ccccc2C1=O)C12CC3CC(CC(C3)C1)C2. The van der Waals surface area contributed by atoms with Crippen molar-refractivity contribution in [3.8, 4) is 6.07 Å². The molecule has 0 aromatic heterocycles. The number of carbonyl (C=O) groups is 2. The molecule has 6 rings (SSSR count). The summed E-state index contributed by atoms with van der Waals surface area (Å²) in [5, 5.41) is 9.96. The largest absolute Gasteiger partial charge is 0.269 e. The van der Waals surface area contributed by atoms with Crippen LogP contribution in [0, 0.1) is 34.5 Å². The molecule has 122 valence electrons. The van der Waals surface area contributed by atoms with E-state index in [0.29, 0.717) is 28.9 Å². The van der Waals surface area contributed by atoms with Gasteiger partial charge in [-0.1, -0.05) is 12.1 Å². The number of benzene rings is 1. The molecule has 1 atom stereocenters. The minimum absolute atomic E-state index is 0.170. The van der Waals surface area contributed by atoms with Crippen molar-refractivity contribution in [2.45, 2.75) is 44.6 Å². The van der Waals surface area contributed by atoms with Crippen LogP contribution in [0.15, 0.2) is 24.3 Å². The predicted molar refractivity (Wildman–Crippen MR) is 86.9 cm³/mol. The molecule has 1 heterocycles. The molecule has 24 heavy (non-hydrogen) atoms. The van der Waals surface area contributed by atoms with E-state index in [0.717, 1.165) is 19.3 Å². The number of nitriles is 1. The first kappa shape index (κ1) is 14.2. The Kier molecular flexibility index (Phi) is 2.78. The molecule has 1 aromatic carbocycles. The number of amides is 2. The van der Waals surface area contributed by atoms with Gasteiger partial charge in [-0.25, -0.2) is 0 Å². The van der Waals surface area contributed by atoms with Gasteiger partial charge in [0.05, 0.1) is 17.2 Å². The van der Waals surface area contributed by atoms with E-state index in [9.17, 15) is 14.9 Å². The Balaban J connectivity index is 1.55. The number of rotatable bonds is 2. The van der Waals surface area contributed by atoms with Gasteiger partial charge in [-0.15, -0.1) is 0 Å². The summed E-state index contributed by atoms with van der Waals surface area (Å²) in [7, 11) is 0. The van der Waals surface area contributed by atoms with Crippen LogP contribution >= 0.6 is 0 Å². The maximum atomic E-state index is 12.9. The third kappa shape index (κ3) is 1.73.